The summed E-state index contributed by atoms with van der Waals surface area (Å²) in [5.74, 6) is 1.75. The molecule has 1 aromatic rings. The Morgan fingerprint density at radius 1 is 1.20 bits per heavy atom. The Kier molecular flexibility index (Phi) is 2.99. The first kappa shape index (κ1) is 12.3. The van der Waals surface area contributed by atoms with Crippen molar-refractivity contribution in [2.75, 3.05) is 25.1 Å². The molecule has 2 fully saturated rings. The third-order valence-corrected chi connectivity index (χ3v) is 4.56. The summed E-state index contributed by atoms with van der Waals surface area (Å²) in [5.41, 5.74) is 1.08. The number of ether oxygens (including phenoxy) is 2. The van der Waals surface area contributed by atoms with Crippen molar-refractivity contribution in [1.29, 1.82) is 0 Å². The minimum Gasteiger partial charge on any atom is -0.486 e. The van der Waals surface area contributed by atoms with Crippen LogP contribution in [-0.4, -0.2) is 42.8 Å². The smallest absolute Gasteiger partial charge is 0.184 e. The molecule has 0 bridgehead atoms. The summed E-state index contributed by atoms with van der Waals surface area (Å²) in [6, 6.07) is 8.17. The Balaban J connectivity index is 1.49. The molecule has 0 radical (unpaired) electrons. The molecule has 4 nitrogen and oxygen atoms in total. The van der Waals surface area contributed by atoms with Gasteiger partial charge < -0.3 is 14.8 Å². The summed E-state index contributed by atoms with van der Waals surface area (Å²) in [5, 5.41) is 3.67. The second-order valence-corrected chi connectivity index (χ2v) is 6.18. The van der Waals surface area contributed by atoms with E-state index >= 15 is 0 Å². The number of benzene rings is 1. The van der Waals surface area contributed by atoms with Crippen molar-refractivity contribution in [1.82, 2.24) is 4.90 Å². The normalized spacial score (nSPS) is 29.4. The standard InChI is InChI=1S/C16H22N2O2/c1-11-9-12(10-18(11)13-5-6-13)17-14-3-2-4-15-16(14)20-8-7-19-15/h2-4,11-13,17H,5-10H2,1H3/t11-,12+/m0/s1. The van der Waals surface area contributed by atoms with Crippen molar-refractivity contribution in [3.05, 3.63) is 18.2 Å². The third-order valence-electron chi connectivity index (χ3n) is 4.56. The number of hydrogen-bond acceptors (Lipinski definition) is 4. The highest BCUT2D eigenvalue weighted by atomic mass is 16.6. The summed E-state index contributed by atoms with van der Waals surface area (Å²) < 4.78 is 11.4. The number of nitrogens with zero attached hydrogens (tertiary/aromatic N) is 1. The van der Waals surface area contributed by atoms with E-state index in [-0.39, 0.29) is 0 Å². The molecule has 0 aromatic heterocycles. The van der Waals surface area contributed by atoms with E-state index in [4.69, 9.17) is 9.47 Å². The fourth-order valence-electron chi connectivity index (χ4n) is 3.48. The fraction of sp³-hybridized carbons (Fsp3) is 0.625. The van der Waals surface area contributed by atoms with E-state index in [0.717, 1.165) is 29.8 Å². The lowest BCUT2D eigenvalue weighted by molar-refractivity contribution is 0.172. The first-order chi connectivity index (χ1) is 9.81. The summed E-state index contributed by atoms with van der Waals surface area (Å²) in [6.07, 6.45) is 3.98. The van der Waals surface area contributed by atoms with Gasteiger partial charge in [-0.2, -0.15) is 0 Å². The van der Waals surface area contributed by atoms with Gasteiger partial charge in [0, 0.05) is 24.7 Å². The molecule has 1 aromatic carbocycles. The summed E-state index contributed by atoms with van der Waals surface area (Å²) >= 11 is 0. The Labute approximate surface area is 120 Å². The van der Waals surface area contributed by atoms with Crippen LogP contribution in [0.15, 0.2) is 18.2 Å². The molecule has 20 heavy (non-hydrogen) atoms. The van der Waals surface area contributed by atoms with Crippen LogP contribution in [0.5, 0.6) is 11.5 Å². The molecule has 0 unspecified atom stereocenters. The van der Waals surface area contributed by atoms with Gasteiger partial charge in [-0.15, -0.1) is 0 Å². The van der Waals surface area contributed by atoms with E-state index in [1.807, 2.05) is 12.1 Å². The van der Waals surface area contributed by atoms with Crippen LogP contribution in [0, 0.1) is 0 Å². The van der Waals surface area contributed by atoms with Gasteiger partial charge in [0.2, 0.25) is 0 Å². The highest BCUT2D eigenvalue weighted by Crippen LogP contribution is 2.39. The minimum absolute atomic E-state index is 0.516. The van der Waals surface area contributed by atoms with Crippen LogP contribution in [0.2, 0.25) is 0 Å². The molecule has 0 amide bonds. The third kappa shape index (κ3) is 2.22. The van der Waals surface area contributed by atoms with Crippen LogP contribution in [0.4, 0.5) is 5.69 Å². The van der Waals surface area contributed by atoms with Gasteiger partial charge in [-0.3, -0.25) is 4.90 Å². The second-order valence-electron chi connectivity index (χ2n) is 6.18. The molecular weight excluding hydrogens is 252 g/mol. The minimum atomic E-state index is 0.516. The first-order valence-electron chi connectivity index (χ1n) is 7.72. The van der Waals surface area contributed by atoms with Crippen LogP contribution < -0.4 is 14.8 Å². The van der Waals surface area contributed by atoms with E-state index < -0.39 is 0 Å². The van der Waals surface area contributed by atoms with Crippen molar-refractivity contribution in [2.45, 2.75) is 44.3 Å². The number of hydrogen-bond donors (Lipinski definition) is 1. The highest BCUT2D eigenvalue weighted by Gasteiger charge is 2.38. The lowest BCUT2D eigenvalue weighted by atomic mass is 10.1. The van der Waals surface area contributed by atoms with Crippen molar-refractivity contribution >= 4 is 5.69 Å². The van der Waals surface area contributed by atoms with Crippen molar-refractivity contribution in [3.8, 4) is 11.5 Å². The van der Waals surface area contributed by atoms with E-state index in [2.05, 4.69) is 23.2 Å². The van der Waals surface area contributed by atoms with Gasteiger partial charge in [0.05, 0.1) is 5.69 Å². The first-order valence-corrected chi connectivity index (χ1v) is 7.72. The molecule has 1 aliphatic carbocycles. The molecule has 2 atom stereocenters. The molecule has 108 valence electrons. The quantitative estimate of drug-likeness (QED) is 0.918. The van der Waals surface area contributed by atoms with Gasteiger partial charge in [-0.05, 0) is 38.3 Å². The summed E-state index contributed by atoms with van der Waals surface area (Å²) in [7, 11) is 0. The lowest BCUT2D eigenvalue weighted by Gasteiger charge is -2.23. The Hall–Kier alpha value is -1.42. The predicted octanol–water partition coefficient (Wildman–Crippen LogP) is 2.49. The SMILES string of the molecule is C[C@H]1C[C@@H](Nc2cccc3c2OCCO3)CN1C1CC1. The van der Waals surface area contributed by atoms with E-state index in [1.165, 1.54) is 19.3 Å². The second kappa shape index (κ2) is 4.85. The van der Waals surface area contributed by atoms with E-state index in [9.17, 15) is 0 Å². The fourth-order valence-corrected chi connectivity index (χ4v) is 3.48. The maximum Gasteiger partial charge on any atom is 0.184 e. The zero-order chi connectivity index (χ0) is 13.5. The Morgan fingerprint density at radius 2 is 2.05 bits per heavy atom. The van der Waals surface area contributed by atoms with E-state index in [0.29, 0.717) is 25.3 Å². The van der Waals surface area contributed by atoms with Crippen molar-refractivity contribution in [3.63, 3.8) is 0 Å². The zero-order valence-electron chi connectivity index (χ0n) is 12.0. The van der Waals surface area contributed by atoms with Gasteiger partial charge in [0.25, 0.3) is 0 Å². The molecular formula is C16H22N2O2. The average molecular weight is 274 g/mol. The molecule has 1 saturated heterocycles. The summed E-state index contributed by atoms with van der Waals surface area (Å²) in [6.45, 7) is 4.78. The van der Waals surface area contributed by atoms with Gasteiger partial charge in [-0.1, -0.05) is 6.07 Å². The number of fused-ring (bicyclic) bond motifs is 1. The number of nitrogens with one attached hydrogen (secondary N) is 1. The van der Waals surface area contributed by atoms with Crippen LogP contribution in [0.1, 0.15) is 26.2 Å². The van der Waals surface area contributed by atoms with Crippen LogP contribution in [-0.2, 0) is 0 Å². The monoisotopic (exact) mass is 274 g/mol. The van der Waals surface area contributed by atoms with Gasteiger partial charge in [0.15, 0.2) is 11.5 Å². The van der Waals surface area contributed by atoms with Crippen LogP contribution in [0.25, 0.3) is 0 Å². The number of likely N-dealkylation sites (tertiary alicyclic amines) is 1. The van der Waals surface area contributed by atoms with Gasteiger partial charge >= 0.3 is 0 Å². The number of para-hydroxylation sites is 1. The number of anilines is 1. The maximum atomic E-state index is 5.78. The Bertz CT molecular complexity index is 501. The topological polar surface area (TPSA) is 33.7 Å². The molecule has 3 aliphatic rings. The summed E-state index contributed by atoms with van der Waals surface area (Å²) in [4.78, 5) is 2.66. The molecule has 0 spiro atoms. The largest absolute Gasteiger partial charge is 0.486 e. The molecule has 1 N–H and O–H groups in total. The molecule has 4 heteroatoms. The molecule has 4 rings (SSSR count). The van der Waals surface area contributed by atoms with Crippen molar-refractivity contribution < 1.29 is 9.47 Å². The average Bonchev–Trinajstić information content (AvgIpc) is 3.24. The van der Waals surface area contributed by atoms with Crippen LogP contribution >= 0.6 is 0 Å². The van der Waals surface area contributed by atoms with Gasteiger partial charge in [0.1, 0.15) is 13.2 Å². The lowest BCUT2D eigenvalue weighted by Crippen LogP contribution is -2.31. The molecule has 2 aliphatic heterocycles. The van der Waals surface area contributed by atoms with Crippen molar-refractivity contribution in [2.24, 2.45) is 0 Å². The van der Waals surface area contributed by atoms with E-state index in [1.54, 1.807) is 0 Å². The number of rotatable bonds is 3. The van der Waals surface area contributed by atoms with Crippen LogP contribution in [0.3, 0.4) is 0 Å². The highest BCUT2D eigenvalue weighted by molar-refractivity contribution is 5.64. The Morgan fingerprint density at radius 3 is 2.90 bits per heavy atom. The predicted molar refractivity (Wildman–Crippen MR) is 78.6 cm³/mol. The van der Waals surface area contributed by atoms with Gasteiger partial charge in [-0.25, -0.2) is 0 Å². The molecule has 1 saturated carbocycles. The maximum absolute atomic E-state index is 5.78. The zero-order valence-corrected chi connectivity index (χ0v) is 12.0. The molecule has 2 heterocycles.